The fourth-order valence-corrected chi connectivity index (χ4v) is 2.88. The van der Waals surface area contributed by atoms with Gasteiger partial charge in [0.15, 0.2) is 6.61 Å². The van der Waals surface area contributed by atoms with Crippen LogP contribution in [0.3, 0.4) is 0 Å². The molecule has 0 aliphatic heterocycles. The first kappa shape index (κ1) is 21.9. The molecule has 0 saturated heterocycles. The summed E-state index contributed by atoms with van der Waals surface area (Å²) in [6.07, 6.45) is 1.53. The Morgan fingerprint density at radius 2 is 1.69 bits per heavy atom. The third-order valence-electron chi connectivity index (χ3n) is 4.37. The summed E-state index contributed by atoms with van der Waals surface area (Å²) < 4.78 is 5.01. The number of hydrogen-bond donors (Lipinski definition) is 2. The van der Waals surface area contributed by atoms with E-state index in [0.717, 1.165) is 29.7 Å². The molecule has 29 heavy (non-hydrogen) atoms. The molecule has 2 aromatic carbocycles. The van der Waals surface area contributed by atoms with E-state index in [2.05, 4.69) is 10.6 Å². The maximum Gasteiger partial charge on any atom is 0.308 e. The molecule has 0 heterocycles. The third kappa shape index (κ3) is 6.31. The Morgan fingerprint density at radius 3 is 2.31 bits per heavy atom. The topological polar surface area (TPSA) is 111 Å². The number of para-hydroxylation sites is 3. The Hall–Kier alpha value is -3.42. The Balaban J connectivity index is 1.81. The number of rotatable bonds is 10. The summed E-state index contributed by atoms with van der Waals surface area (Å²) in [5, 5.41) is 16.6. The van der Waals surface area contributed by atoms with Gasteiger partial charge >= 0.3 is 5.97 Å². The quantitative estimate of drug-likeness (QED) is 0.358. The molecule has 2 N–H and O–H groups in total. The third-order valence-corrected chi connectivity index (χ3v) is 4.37. The smallest absolute Gasteiger partial charge is 0.308 e. The number of carbonyl (C=O) groups excluding carboxylic acids is 2. The zero-order valence-corrected chi connectivity index (χ0v) is 16.6. The highest BCUT2D eigenvalue weighted by Gasteiger charge is 2.14. The minimum atomic E-state index is -0.564. The van der Waals surface area contributed by atoms with Crippen LogP contribution in [0.25, 0.3) is 0 Å². The molecule has 154 valence electrons. The number of ether oxygens (including phenoxy) is 1. The van der Waals surface area contributed by atoms with Crippen molar-refractivity contribution >= 4 is 28.9 Å². The molecule has 0 radical (unpaired) electrons. The van der Waals surface area contributed by atoms with Crippen LogP contribution in [0.5, 0.6) is 0 Å². The summed E-state index contributed by atoms with van der Waals surface area (Å²) in [7, 11) is 0. The largest absolute Gasteiger partial charge is 0.456 e. The van der Waals surface area contributed by atoms with Crippen LogP contribution in [0, 0.1) is 10.1 Å². The molecular weight excluding hydrogens is 374 g/mol. The van der Waals surface area contributed by atoms with E-state index in [1.807, 2.05) is 32.0 Å². The number of nitro benzene ring substituents is 1. The van der Waals surface area contributed by atoms with E-state index in [0.29, 0.717) is 5.69 Å². The zero-order chi connectivity index (χ0) is 21.2. The van der Waals surface area contributed by atoms with Crippen LogP contribution in [0.4, 0.5) is 17.1 Å². The number of hydrogen-bond acceptors (Lipinski definition) is 6. The number of esters is 1. The molecule has 0 aliphatic rings. The summed E-state index contributed by atoms with van der Waals surface area (Å²) in [5.74, 6) is -0.966. The van der Waals surface area contributed by atoms with Crippen LogP contribution in [0.1, 0.15) is 31.4 Å². The average molecular weight is 399 g/mol. The first-order chi connectivity index (χ1) is 14.0. The van der Waals surface area contributed by atoms with Gasteiger partial charge in [0.05, 0.1) is 11.3 Å². The Morgan fingerprint density at radius 1 is 1.03 bits per heavy atom. The highest BCUT2D eigenvalue weighted by molar-refractivity contribution is 5.94. The van der Waals surface area contributed by atoms with Gasteiger partial charge in [-0.1, -0.05) is 44.2 Å². The maximum absolute atomic E-state index is 12.2. The Labute approximate surface area is 169 Å². The van der Waals surface area contributed by atoms with Gasteiger partial charge < -0.3 is 15.4 Å². The second-order valence-electron chi connectivity index (χ2n) is 6.32. The highest BCUT2D eigenvalue weighted by Crippen LogP contribution is 2.23. The van der Waals surface area contributed by atoms with E-state index < -0.39 is 16.8 Å². The summed E-state index contributed by atoms with van der Waals surface area (Å²) in [6.45, 7) is 3.79. The van der Waals surface area contributed by atoms with Gasteiger partial charge in [0.25, 0.3) is 11.6 Å². The lowest BCUT2D eigenvalue weighted by Crippen LogP contribution is -2.23. The Kier molecular flexibility index (Phi) is 8.14. The van der Waals surface area contributed by atoms with Crippen molar-refractivity contribution in [3.05, 3.63) is 63.7 Å². The fraction of sp³-hybridized carbons (Fsp3) is 0.333. The number of nitrogens with zero attached hydrogens (tertiary/aromatic N) is 1. The lowest BCUT2D eigenvalue weighted by atomic mass is 10.0. The molecule has 0 aliphatic carbocycles. The van der Waals surface area contributed by atoms with E-state index in [1.54, 1.807) is 18.2 Å². The summed E-state index contributed by atoms with van der Waals surface area (Å²) >= 11 is 0. The lowest BCUT2D eigenvalue weighted by molar-refractivity contribution is -0.384. The van der Waals surface area contributed by atoms with Gasteiger partial charge in [-0.2, -0.15) is 0 Å². The second kappa shape index (κ2) is 10.8. The number of aryl methyl sites for hydroxylation is 2. The van der Waals surface area contributed by atoms with Gasteiger partial charge in [-0.3, -0.25) is 19.7 Å². The maximum atomic E-state index is 12.2. The number of benzene rings is 2. The summed E-state index contributed by atoms with van der Waals surface area (Å²) in [4.78, 5) is 34.5. The number of nitrogens with one attached hydrogen (secondary N) is 2. The van der Waals surface area contributed by atoms with Crippen molar-refractivity contribution < 1.29 is 19.2 Å². The molecule has 0 aromatic heterocycles. The van der Waals surface area contributed by atoms with Gasteiger partial charge in [0.2, 0.25) is 0 Å². The molecule has 0 atom stereocenters. The molecule has 2 rings (SSSR count). The van der Waals surface area contributed by atoms with Crippen molar-refractivity contribution in [1.82, 2.24) is 0 Å². The molecule has 8 heteroatoms. The predicted molar refractivity (Wildman–Crippen MR) is 111 cm³/mol. The first-order valence-corrected chi connectivity index (χ1v) is 9.49. The minimum Gasteiger partial charge on any atom is -0.456 e. The van der Waals surface area contributed by atoms with Crippen molar-refractivity contribution in [2.75, 3.05) is 23.8 Å². The van der Waals surface area contributed by atoms with Crippen LogP contribution in [0.2, 0.25) is 0 Å². The van der Waals surface area contributed by atoms with Crippen molar-refractivity contribution in [1.29, 1.82) is 0 Å². The monoisotopic (exact) mass is 399 g/mol. The van der Waals surface area contributed by atoms with Crippen molar-refractivity contribution in [3.8, 4) is 0 Å². The Bertz CT molecular complexity index is 860. The molecule has 0 saturated carbocycles. The number of anilines is 2. The van der Waals surface area contributed by atoms with Gasteiger partial charge in [-0.05, 0) is 30.0 Å². The molecule has 2 aromatic rings. The van der Waals surface area contributed by atoms with E-state index in [9.17, 15) is 19.7 Å². The summed E-state index contributed by atoms with van der Waals surface area (Å²) in [5.41, 5.74) is 3.08. The molecule has 8 nitrogen and oxygen atoms in total. The van der Waals surface area contributed by atoms with Gasteiger partial charge in [-0.25, -0.2) is 0 Å². The minimum absolute atomic E-state index is 0.0227. The summed E-state index contributed by atoms with van der Waals surface area (Å²) in [6, 6.07) is 12.0. The van der Waals surface area contributed by atoms with E-state index in [1.165, 1.54) is 6.07 Å². The van der Waals surface area contributed by atoms with Crippen LogP contribution in [-0.2, 0) is 27.2 Å². The zero-order valence-electron chi connectivity index (χ0n) is 16.6. The van der Waals surface area contributed by atoms with E-state index in [4.69, 9.17) is 4.74 Å². The highest BCUT2D eigenvalue weighted by atomic mass is 16.6. The molecular formula is C21H25N3O5. The number of nitro groups is 1. The van der Waals surface area contributed by atoms with Gasteiger partial charge in [0, 0.05) is 18.3 Å². The second-order valence-corrected chi connectivity index (χ2v) is 6.32. The van der Waals surface area contributed by atoms with Crippen LogP contribution in [0.15, 0.2) is 42.5 Å². The molecule has 0 unspecified atom stereocenters. The molecule has 0 fully saturated rings. The lowest BCUT2D eigenvalue weighted by Gasteiger charge is -2.14. The number of carbonyl (C=O) groups is 2. The number of amides is 1. The normalized spacial score (nSPS) is 10.3. The predicted octanol–water partition coefficient (Wildman–Crippen LogP) is 3.70. The van der Waals surface area contributed by atoms with Crippen LogP contribution in [-0.4, -0.2) is 30.0 Å². The molecule has 1 amide bonds. The van der Waals surface area contributed by atoms with Gasteiger partial charge in [0.1, 0.15) is 5.69 Å². The van der Waals surface area contributed by atoms with E-state index in [-0.39, 0.29) is 25.3 Å². The van der Waals surface area contributed by atoms with Crippen LogP contribution >= 0.6 is 0 Å². The van der Waals surface area contributed by atoms with Crippen molar-refractivity contribution in [2.24, 2.45) is 0 Å². The molecule has 0 spiro atoms. The first-order valence-electron chi connectivity index (χ1n) is 9.49. The van der Waals surface area contributed by atoms with Crippen LogP contribution < -0.4 is 10.6 Å². The fourth-order valence-electron chi connectivity index (χ4n) is 2.88. The van der Waals surface area contributed by atoms with Crippen molar-refractivity contribution in [2.45, 2.75) is 33.1 Å². The molecule has 0 bridgehead atoms. The van der Waals surface area contributed by atoms with Gasteiger partial charge in [-0.15, -0.1) is 0 Å². The average Bonchev–Trinajstić information content (AvgIpc) is 2.72. The van der Waals surface area contributed by atoms with E-state index >= 15 is 0 Å². The SMILES string of the molecule is CCc1cccc(CC)c1NC(=O)COC(=O)CCNc1ccccc1[N+](=O)[O-]. The van der Waals surface area contributed by atoms with Crippen molar-refractivity contribution in [3.63, 3.8) is 0 Å². The standard InChI is InChI=1S/C21H25N3O5/c1-3-15-8-7-9-16(4-2)21(15)23-19(25)14-29-20(26)12-13-22-17-10-5-6-11-18(17)24(27)28/h5-11,22H,3-4,12-14H2,1-2H3,(H,23,25).